The van der Waals surface area contributed by atoms with Crippen molar-refractivity contribution < 1.29 is 36.2 Å². The number of alkyl halides is 2. The average Bonchev–Trinajstić information content (AvgIpc) is 2.79. The molecule has 8 heteroatoms. The first-order chi connectivity index (χ1) is 15.7. The molecule has 1 saturated carbocycles. The third kappa shape index (κ3) is 4.62. The van der Waals surface area contributed by atoms with E-state index in [1.54, 1.807) is 6.92 Å². The van der Waals surface area contributed by atoms with E-state index < -0.39 is 41.0 Å². The van der Waals surface area contributed by atoms with Gasteiger partial charge >= 0.3 is 6.11 Å². The van der Waals surface area contributed by atoms with E-state index in [2.05, 4.69) is 6.92 Å². The molecule has 1 heterocycles. The minimum absolute atomic E-state index is 0.0325. The van der Waals surface area contributed by atoms with Gasteiger partial charge in [-0.3, -0.25) is 0 Å². The molecule has 0 unspecified atom stereocenters. The van der Waals surface area contributed by atoms with Gasteiger partial charge in [0.15, 0.2) is 23.0 Å². The van der Waals surface area contributed by atoms with Gasteiger partial charge < -0.3 is 14.2 Å². The second-order valence-electron chi connectivity index (χ2n) is 8.74. The molecule has 1 fully saturated rings. The van der Waals surface area contributed by atoms with Gasteiger partial charge in [-0.05, 0) is 50.7 Å². The van der Waals surface area contributed by atoms with Crippen LogP contribution in [0.4, 0.5) is 22.0 Å². The molecule has 2 aromatic rings. The van der Waals surface area contributed by atoms with E-state index in [1.165, 1.54) is 12.1 Å². The molecule has 0 saturated heterocycles. The lowest BCUT2D eigenvalue weighted by Gasteiger charge is -2.33. The number of ether oxygens (including phenoxy) is 3. The van der Waals surface area contributed by atoms with Gasteiger partial charge in [0.1, 0.15) is 0 Å². The lowest BCUT2D eigenvalue weighted by atomic mass is 9.79. The summed E-state index contributed by atoms with van der Waals surface area (Å²) in [5, 5.41) is 0. The zero-order chi connectivity index (χ0) is 23.8. The third-order valence-corrected chi connectivity index (χ3v) is 6.50. The molecule has 0 radical (unpaired) electrons. The lowest BCUT2D eigenvalue weighted by molar-refractivity contribution is -0.224. The number of halogens is 5. The van der Waals surface area contributed by atoms with Gasteiger partial charge in [0.25, 0.3) is 0 Å². The molecule has 0 bridgehead atoms. The van der Waals surface area contributed by atoms with Crippen LogP contribution >= 0.6 is 0 Å². The van der Waals surface area contributed by atoms with Crippen LogP contribution in [0.1, 0.15) is 63.5 Å². The number of hydrogen-bond donors (Lipinski definition) is 0. The van der Waals surface area contributed by atoms with E-state index in [0.717, 1.165) is 18.9 Å². The van der Waals surface area contributed by atoms with Crippen LogP contribution in [-0.2, 0) is 6.42 Å². The van der Waals surface area contributed by atoms with Gasteiger partial charge in [-0.2, -0.15) is 22.0 Å². The largest absolute Gasteiger partial charge is 0.491 e. The molecular weight excluding hydrogens is 443 g/mol. The molecule has 0 atom stereocenters. The molecule has 4 rings (SSSR count). The van der Waals surface area contributed by atoms with Crippen molar-refractivity contribution in [1.82, 2.24) is 0 Å². The van der Waals surface area contributed by atoms with Crippen molar-refractivity contribution in [3.63, 3.8) is 0 Å². The van der Waals surface area contributed by atoms with Gasteiger partial charge in [0, 0.05) is 17.5 Å². The number of hydrogen-bond acceptors (Lipinski definition) is 3. The maximum absolute atomic E-state index is 14.9. The SMILES string of the molecule is CCCC1CCC(C(F)(F)Oc2cc3c(c(F)c2F)Oc2c(ccc(OCC)c2F)C3)CC1. The van der Waals surface area contributed by atoms with E-state index in [9.17, 15) is 22.0 Å². The smallest absolute Gasteiger partial charge is 0.400 e. The molecule has 0 spiro atoms. The fourth-order valence-corrected chi connectivity index (χ4v) is 4.78. The minimum Gasteiger partial charge on any atom is -0.491 e. The van der Waals surface area contributed by atoms with Crippen LogP contribution in [0.3, 0.4) is 0 Å². The first-order valence-electron chi connectivity index (χ1n) is 11.4. The highest BCUT2D eigenvalue weighted by molar-refractivity contribution is 5.55. The van der Waals surface area contributed by atoms with Crippen molar-refractivity contribution >= 4 is 0 Å². The highest BCUT2D eigenvalue weighted by Gasteiger charge is 2.45. The normalized spacial score (nSPS) is 20.0. The Morgan fingerprint density at radius 3 is 2.27 bits per heavy atom. The van der Waals surface area contributed by atoms with Crippen molar-refractivity contribution in [2.75, 3.05) is 6.61 Å². The summed E-state index contributed by atoms with van der Waals surface area (Å²) >= 11 is 0. The predicted molar refractivity (Wildman–Crippen MR) is 113 cm³/mol. The molecule has 0 amide bonds. The summed E-state index contributed by atoms with van der Waals surface area (Å²) in [5.74, 6) is -6.30. The summed E-state index contributed by atoms with van der Waals surface area (Å²) < 4.78 is 89.1. The van der Waals surface area contributed by atoms with Gasteiger partial charge in [-0.25, -0.2) is 0 Å². The second-order valence-corrected chi connectivity index (χ2v) is 8.74. The number of benzene rings is 2. The first kappa shape index (κ1) is 23.6. The Kier molecular flexibility index (Phi) is 6.73. The number of rotatable bonds is 7. The standard InChI is InChI=1S/C25H27F5O3/c1-3-5-14-6-9-17(10-7-14)25(29,30)33-19-13-16-12-15-8-11-18(31-4-2)21(27)23(15)32-24(16)22(28)20(19)26/h8,11,13-14,17H,3-7,9-10,12H2,1-2H3. The maximum Gasteiger partial charge on any atom is 0.400 e. The predicted octanol–water partition coefficient (Wildman–Crippen LogP) is 7.78. The summed E-state index contributed by atoms with van der Waals surface area (Å²) in [6.45, 7) is 3.95. The average molecular weight is 470 g/mol. The first-order valence-corrected chi connectivity index (χ1v) is 11.4. The molecule has 2 aromatic carbocycles. The molecule has 1 aliphatic carbocycles. The number of fused-ring (bicyclic) bond motifs is 2. The van der Waals surface area contributed by atoms with Gasteiger partial charge in [0.2, 0.25) is 17.5 Å². The molecule has 2 aliphatic rings. The van der Waals surface area contributed by atoms with Crippen LogP contribution in [-0.4, -0.2) is 12.7 Å². The fraction of sp³-hybridized carbons (Fsp3) is 0.520. The Hall–Kier alpha value is -2.51. The summed E-state index contributed by atoms with van der Waals surface area (Å²) in [4.78, 5) is 0. The molecule has 3 nitrogen and oxygen atoms in total. The highest BCUT2D eigenvalue weighted by atomic mass is 19.3. The van der Waals surface area contributed by atoms with Crippen molar-refractivity contribution in [2.24, 2.45) is 11.8 Å². The summed E-state index contributed by atoms with van der Waals surface area (Å²) in [6, 6.07) is 3.96. The molecule has 33 heavy (non-hydrogen) atoms. The molecule has 0 aromatic heterocycles. The van der Waals surface area contributed by atoms with Crippen LogP contribution < -0.4 is 14.2 Å². The van der Waals surface area contributed by atoms with Crippen LogP contribution in [0, 0.1) is 29.3 Å². The van der Waals surface area contributed by atoms with Crippen LogP contribution in [0.2, 0.25) is 0 Å². The summed E-state index contributed by atoms with van der Waals surface area (Å²) in [7, 11) is 0. The highest BCUT2D eigenvalue weighted by Crippen LogP contribution is 2.47. The van der Waals surface area contributed by atoms with Crippen molar-refractivity contribution in [3.8, 4) is 23.0 Å². The summed E-state index contributed by atoms with van der Waals surface area (Å²) in [6.07, 6.45) is 0.202. The lowest BCUT2D eigenvalue weighted by Crippen LogP contribution is -2.37. The third-order valence-electron chi connectivity index (χ3n) is 6.50. The van der Waals surface area contributed by atoms with Crippen LogP contribution in [0.15, 0.2) is 18.2 Å². The molecule has 0 N–H and O–H groups in total. The Bertz CT molecular complexity index is 1020. The Morgan fingerprint density at radius 1 is 0.909 bits per heavy atom. The topological polar surface area (TPSA) is 27.7 Å². The van der Waals surface area contributed by atoms with E-state index in [-0.39, 0.29) is 42.9 Å². The van der Waals surface area contributed by atoms with E-state index >= 15 is 0 Å². The summed E-state index contributed by atoms with van der Waals surface area (Å²) in [5.41, 5.74) is 0.462. The van der Waals surface area contributed by atoms with E-state index in [1.807, 2.05) is 0 Å². The zero-order valence-electron chi connectivity index (χ0n) is 18.7. The van der Waals surface area contributed by atoms with Crippen LogP contribution in [0.25, 0.3) is 0 Å². The van der Waals surface area contributed by atoms with Gasteiger partial charge in [-0.15, -0.1) is 0 Å². The Balaban J connectivity index is 1.57. The molecular formula is C25H27F5O3. The van der Waals surface area contributed by atoms with Gasteiger partial charge in [-0.1, -0.05) is 25.8 Å². The Morgan fingerprint density at radius 2 is 1.61 bits per heavy atom. The molecule has 1 aliphatic heterocycles. The van der Waals surface area contributed by atoms with Crippen LogP contribution in [0.5, 0.6) is 23.0 Å². The fourth-order valence-electron chi connectivity index (χ4n) is 4.78. The minimum atomic E-state index is -3.63. The van der Waals surface area contributed by atoms with Crippen molar-refractivity contribution in [1.29, 1.82) is 0 Å². The quantitative estimate of drug-likeness (QED) is 0.330. The van der Waals surface area contributed by atoms with E-state index in [0.29, 0.717) is 24.3 Å². The molecule has 180 valence electrons. The maximum atomic E-state index is 14.9. The van der Waals surface area contributed by atoms with Crippen molar-refractivity contribution in [2.45, 2.75) is 64.9 Å². The monoisotopic (exact) mass is 470 g/mol. The second kappa shape index (κ2) is 9.39. The Labute approximate surface area is 189 Å². The van der Waals surface area contributed by atoms with E-state index in [4.69, 9.17) is 14.2 Å². The zero-order valence-corrected chi connectivity index (χ0v) is 18.7. The van der Waals surface area contributed by atoms with Gasteiger partial charge in [0.05, 0.1) is 12.5 Å². The van der Waals surface area contributed by atoms with Crippen molar-refractivity contribution in [3.05, 3.63) is 46.8 Å².